The van der Waals surface area contributed by atoms with Crippen molar-refractivity contribution in [3.63, 3.8) is 0 Å². The summed E-state index contributed by atoms with van der Waals surface area (Å²) in [6.45, 7) is 10.6. The summed E-state index contributed by atoms with van der Waals surface area (Å²) in [4.78, 5) is 2.62. The van der Waals surface area contributed by atoms with Crippen molar-refractivity contribution in [2.75, 3.05) is 19.6 Å². The molecule has 15 heavy (non-hydrogen) atoms. The molecule has 0 amide bonds. The van der Waals surface area contributed by atoms with E-state index < -0.39 is 0 Å². The second-order valence-corrected chi connectivity index (χ2v) is 5.90. The molecule has 1 heterocycles. The molecule has 1 aliphatic rings. The third-order valence-corrected chi connectivity index (χ3v) is 3.99. The number of halogens is 1. The summed E-state index contributed by atoms with van der Waals surface area (Å²) in [5.41, 5.74) is 0. The zero-order valence-corrected chi connectivity index (χ0v) is 11.3. The van der Waals surface area contributed by atoms with E-state index in [2.05, 4.69) is 25.7 Å². The first-order valence-corrected chi connectivity index (χ1v) is 6.93. The van der Waals surface area contributed by atoms with Crippen molar-refractivity contribution < 1.29 is 0 Å². The number of hydrogen-bond donors (Lipinski definition) is 0. The molecule has 90 valence electrons. The van der Waals surface area contributed by atoms with E-state index in [0.29, 0.717) is 5.38 Å². The van der Waals surface area contributed by atoms with E-state index in [1.807, 2.05) is 0 Å². The minimum atomic E-state index is 0.361. The van der Waals surface area contributed by atoms with Crippen molar-refractivity contribution in [1.82, 2.24) is 4.90 Å². The predicted octanol–water partition coefficient (Wildman–Crippen LogP) is 3.76. The quantitative estimate of drug-likeness (QED) is 0.652. The fraction of sp³-hybridized carbons (Fsp3) is 1.00. The van der Waals surface area contributed by atoms with Crippen LogP contribution < -0.4 is 0 Å². The van der Waals surface area contributed by atoms with Crippen molar-refractivity contribution >= 4 is 11.6 Å². The van der Waals surface area contributed by atoms with Crippen LogP contribution in [0.5, 0.6) is 0 Å². The fourth-order valence-electron chi connectivity index (χ4n) is 2.62. The number of rotatable bonds is 5. The molecule has 2 atom stereocenters. The second-order valence-electron chi connectivity index (χ2n) is 5.21. The van der Waals surface area contributed by atoms with Crippen LogP contribution in [0.15, 0.2) is 0 Å². The number of piperidine rings is 1. The van der Waals surface area contributed by atoms with Gasteiger partial charge in [-0.1, -0.05) is 20.3 Å². The normalized spacial score (nSPS) is 24.0. The first-order chi connectivity index (χ1) is 7.13. The minimum Gasteiger partial charge on any atom is -0.303 e. The average molecular weight is 232 g/mol. The molecule has 0 aliphatic carbocycles. The summed E-state index contributed by atoms with van der Waals surface area (Å²) in [5.74, 6) is 1.62. The van der Waals surface area contributed by atoms with Crippen LogP contribution in [-0.2, 0) is 0 Å². The van der Waals surface area contributed by atoms with Gasteiger partial charge in [-0.15, -0.1) is 11.6 Å². The van der Waals surface area contributed by atoms with Crippen molar-refractivity contribution in [3.8, 4) is 0 Å². The maximum atomic E-state index is 6.14. The van der Waals surface area contributed by atoms with Crippen LogP contribution in [0.1, 0.15) is 46.5 Å². The third kappa shape index (κ3) is 4.74. The van der Waals surface area contributed by atoms with Crippen molar-refractivity contribution in [2.45, 2.75) is 51.8 Å². The van der Waals surface area contributed by atoms with Gasteiger partial charge in [-0.3, -0.25) is 0 Å². The average Bonchev–Trinajstić information content (AvgIpc) is 2.18. The molecule has 0 saturated carbocycles. The van der Waals surface area contributed by atoms with Crippen LogP contribution >= 0.6 is 11.6 Å². The van der Waals surface area contributed by atoms with Gasteiger partial charge in [0.25, 0.3) is 0 Å². The van der Waals surface area contributed by atoms with Crippen LogP contribution in [0.2, 0.25) is 0 Å². The van der Waals surface area contributed by atoms with Crippen LogP contribution in [-0.4, -0.2) is 29.9 Å². The van der Waals surface area contributed by atoms with Gasteiger partial charge < -0.3 is 4.90 Å². The largest absolute Gasteiger partial charge is 0.303 e. The van der Waals surface area contributed by atoms with E-state index >= 15 is 0 Å². The lowest BCUT2D eigenvalue weighted by atomic mass is 9.93. The maximum Gasteiger partial charge on any atom is 0.0337 e. The highest BCUT2D eigenvalue weighted by Crippen LogP contribution is 2.24. The number of nitrogens with zero attached hydrogens (tertiary/aromatic N) is 1. The molecule has 1 aliphatic heterocycles. The number of likely N-dealkylation sites (tertiary alicyclic amines) is 1. The van der Waals surface area contributed by atoms with Gasteiger partial charge in [-0.05, 0) is 51.1 Å². The molecular formula is C13H26ClN. The second kappa shape index (κ2) is 6.75. The molecule has 0 bridgehead atoms. The molecular weight excluding hydrogens is 206 g/mol. The molecule has 1 saturated heterocycles. The lowest BCUT2D eigenvalue weighted by molar-refractivity contribution is 0.161. The Balaban J connectivity index is 2.19. The Labute approximate surface area is 100 Å². The van der Waals surface area contributed by atoms with Crippen LogP contribution in [0.25, 0.3) is 0 Å². The van der Waals surface area contributed by atoms with Gasteiger partial charge in [-0.25, -0.2) is 0 Å². The minimum absolute atomic E-state index is 0.361. The lowest BCUT2D eigenvalue weighted by Gasteiger charge is -2.34. The Morgan fingerprint density at radius 2 is 1.87 bits per heavy atom. The van der Waals surface area contributed by atoms with Crippen molar-refractivity contribution in [1.29, 1.82) is 0 Å². The summed E-state index contributed by atoms with van der Waals surface area (Å²) in [6.07, 6.45) is 5.27. The van der Waals surface area contributed by atoms with Crippen LogP contribution in [0, 0.1) is 11.8 Å². The van der Waals surface area contributed by atoms with Gasteiger partial charge in [0.1, 0.15) is 0 Å². The van der Waals surface area contributed by atoms with E-state index in [4.69, 9.17) is 11.6 Å². The Hall–Kier alpha value is 0.250. The summed E-state index contributed by atoms with van der Waals surface area (Å²) in [5, 5.41) is 0.361. The van der Waals surface area contributed by atoms with Gasteiger partial charge in [-0.2, -0.15) is 0 Å². The molecule has 1 fully saturated rings. The van der Waals surface area contributed by atoms with Gasteiger partial charge in [0.05, 0.1) is 0 Å². The fourth-order valence-corrected chi connectivity index (χ4v) is 2.87. The van der Waals surface area contributed by atoms with Gasteiger partial charge >= 0.3 is 0 Å². The van der Waals surface area contributed by atoms with E-state index in [1.165, 1.54) is 45.3 Å². The Bertz CT molecular complexity index is 162. The van der Waals surface area contributed by atoms with Crippen LogP contribution in [0.4, 0.5) is 0 Å². The van der Waals surface area contributed by atoms with Gasteiger partial charge in [0.15, 0.2) is 0 Å². The molecule has 2 unspecified atom stereocenters. The SMILES string of the molecule is CCCC(C)CN1CCC(C(C)Cl)CC1. The summed E-state index contributed by atoms with van der Waals surface area (Å²) in [7, 11) is 0. The third-order valence-electron chi connectivity index (χ3n) is 3.63. The van der Waals surface area contributed by atoms with E-state index in [-0.39, 0.29) is 0 Å². The molecule has 0 N–H and O–H groups in total. The predicted molar refractivity (Wildman–Crippen MR) is 68.6 cm³/mol. The molecule has 0 aromatic carbocycles. The van der Waals surface area contributed by atoms with Crippen LogP contribution in [0.3, 0.4) is 0 Å². The standard InChI is InChI=1S/C13H26ClN/c1-4-5-11(2)10-15-8-6-13(7-9-15)12(3)14/h11-13H,4-10H2,1-3H3. The van der Waals surface area contributed by atoms with Gasteiger partial charge in [0, 0.05) is 11.9 Å². The van der Waals surface area contributed by atoms with E-state index in [9.17, 15) is 0 Å². The first-order valence-electron chi connectivity index (χ1n) is 6.50. The Morgan fingerprint density at radius 3 is 2.33 bits per heavy atom. The molecule has 0 aromatic heterocycles. The van der Waals surface area contributed by atoms with E-state index in [1.54, 1.807) is 0 Å². The number of alkyl halides is 1. The highest BCUT2D eigenvalue weighted by Gasteiger charge is 2.23. The zero-order valence-electron chi connectivity index (χ0n) is 10.5. The topological polar surface area (TPSA) is 3.24 Å². The highest BCUT2D eigenvalue weighted by molar-refractivity contribution is 6.20. The summed E-state index contributed by atoms with van der Waals surface area (Å²) in [6, 6.07) is 0. The highest BCUT2D eigenvalue weighted by atomic mass is 35.5. The molecule has 0 radical (unpaired) electrons. The first kappa shape index (κ1) is 13.3. The van der Waals surface area contributed by atoms with Crippen molar-refractivity contribution in [3.05, 3.63) is 0 Å². The Kier molecular flexibility index (Phi) is 5.99. The zero-order chi connectivity index (χ0) is 11.3. The van der Waals surface area contributed by atoms with E-state index in [0.717, 1.165) is 11.8 Å². The molecule has 1 rings (SSSR count). The Morgan fingerprint density at radius 1 is 1.27 bits per heavy atom. The lowest BCUT2D eigenvalue weighted by Crippen LogP contribution is -2.38. The van der Waals surface area contributed by atoms with Gasteiger partial charge in [0.2, 0.25) is 0 Å². The summed E-state index contributed by atoms with van der Waals surface area (Å²) < 4.78 is 0. The molecule has 0 spiro atoms. The molecule has 0 aromatic rings. The monoisotopic (exact) mass is 231 g/mol. The molecule has 2 heteroatoms. The maximum absolute atomic E-state index is 6.14. The molecule has 1 nitrogen and oxygen atoms in total. The number of hydrogen-bond acceptors (Lipinski definition) is 1. The smallest absolute Gasteiger partial charge is 0.0337 e. The van der Waals surface area contributed by atoms with Crippen molar-refractivity contribution in [2.24, 2.45) is 11.8 Å². The summed E-state index contributed by atoms with van der Waals surface area (Å²) >= 11 is 6.14.